The average Bonchev–Trinajstić information content (AvgIpc) is 2.73. The van der Waals surface area contributed by atoms with Gasteiger partial charge < -0.3 is 5.73 Å². The van der Waals surface area contributed by atoms with Gasteiger partial charge in [0.1, 0.15) is 10.7 Å². The van der Waals surface area contributed by atoms with Crippen molar-refractivity contribution in [2.24, 2.45) is 5.92 Å². The number of nitrogens with two attached hydrogens (primary N) is 1. The van der Waals surface area contributed by atoms with E-state index in [4.69, 9.17) is 5.73 Å². The zero-order valence-electron chi connectivity index (χ0n) is 12.8. The van der Waals surface area contributed by atoms with Crippen LogP contribution in [-0.4, -0.2) is 24.7 Å². The van der Waals surface area contributed by atoms with E-state index in [0.717, 1.165) is 19.3 Å². The fraction of sp³-hybridized carbons (Fsp3) is 0.769. The third-order valence-corrected chi connectivity index (χ3v) is 4.87. The Morgan fingerprint density at radius 1 is 1.35 bits per heavy atom. The van der Waals surface area contributed by atoms with Crippen molar-refractivity contribution in [2.75, 3.05) is 12.3 Å². The maximum absolute atomic E-state index is 12.2. The van der Waals surface area contributed by atoms with Crippen LogP contribution in [0.1, 0.15) is 53.0 Å². The van der Waals surface area contributed by atoms with Gasteiger partial charge >= 0.3 is 0 Å². The van der Waals surface area contributed by atoms with Crippen molar-refractivity contribution in [3.63, 3.8) is 0 Å². The van der Waals surface area contributed by atoms with Crippen LogP contribution in [0.5, 0.6) is 0 Å². The van der Waals surface area contributed by atoms with Crippen LogP contribution < -0.4 is 10.5 Å². The molecule has 1 rings (SSSR count). The van der Waals surface area contributed by atoms with E-state index in [1.165, 1.54) is 6.20 Å². The third kappa shape index (κ3) is 3.96. The first-order valence-electron chi connectivity index (χ1n) is 7.16. The smallest absolute Gasteiger partial charge is 0.245 e. The Bertz CT molecular complexity index is 518. The van der Waals surface area contributed by atoms with Crippen LogP contribution in [0, 0.1) is 5.92 Å². The number of nitrogens with zero attached hydrogens (tertiary/aromatic N) is 2. The lowest BCUT2D eigenvalue weighted by atomic mass is 10.1. The third-order valence-electron chi connectivity index (χ3n) is 3.39. The molecule has 6 nitrogen and oxygen atoms in total. The van der Waals surface area contributed by atoms with Crippen molar-refractivity contribution in [1.82, 2.24) is 14.5 Å². The number of hydrogen-bond donors (Lipinski definition) is 2. The Labute approximate surface area is 121 Å². The second-order valence-corrected chi connectivity index (χ2v) is 7.12. The van der Waals surface area contributed by atoms with Crippen LogP contribution in [0.3, 0.4) is 0 Å². The summed E-state index contributed by atoms with van der Waals surface area (Å²) in [5.74, 6) is 0.665. The first-order chi connectivity index (χ1) is 9.33. The number of aromatic nitrogens is 2. The van der Waals surface area contributed by atoms with Crippen molar-refractivity contribution >= 4 is 15.8 Å². The standard InChI is InChI=1S/C13H26N4O2S/c1-5-11(6-2)17-13(14)12(9-15-17)20(18,19)16-8-7-10(3)4/h9-11,16H,5-8,14H2,1-4H3. The second kappa shape index (κ2) is 7.08. The summed E-state index contributed by atoms with van der Waals surface area (Å²) in [4.78, 5) is 0.0770. The van der Waals surface area contributed by atoms with Gasteiger partial charge in [-0.05, 0) is 25.2 Å². The van der Waals surface area contributed by atoms with Crippen molar-refractivity contribution in [2.45, 2.75) is 57.9 Å². The molecule has 0 fully saturated rings. The van der Waals surface area contributed by atoms with E-state index in [9.17, 15) is 8.42 Å². The molecule has 3 N–H and O–H groups in total. The molecule has 0 bridgehead atoms. The Balaban J connectivity index is 2.91. The van der Waals surface area contributed by atoms with Gasteiger partial charge in [-0.3, -0.25) is 0 Å². The van der Waals surface area contributed by atoms with Crippen LogP contribution in [0.2, 0.25) is 0 Å². The van der Waals surface area contributed by atoms with Gasteiger partial charge in [-0.15, -0.1) is 0 Å². The summed E-state index contributed by atoms with van der Waals surface area (Å²) in [5, 5.41) is 4.14. The van der Waals surface area contributed by atoms with Crippen molar-refractivity contribution in [3.05, 3.63) is 6.20 Å². The minimum Gasteiger partial charge on any atom is -0.383 e. The summed E-state index contributed by atoms with van der Waals surface area (Å²) in [5.41, 5.74) is 5.95. The SMILES string of the molecule is CCC(CC)n1ncc(S(=O)(=O)NCCC(C)C)c1N. The molecule has 0 unspecified atom stereocenters. The zero-order valence-corrected chi connectivity index (χ0v) is 13.6. The lowest BCUT2D eigenvalue weighted by Gasteiger charge is -2.15. The number of anilines is 1. The highest BCUT2D eigenvalue weighted by Crippen LogP contribution is 2.24. The Hall–Kier alpha value is -1.08. The fourth-order valence-electron chi connectivity index (χ4n) is 2.05. The molecule has 0 saturated heterocycles. The van der Waals surface area contributed by atoms with Crippen LogP contribution in [-0.2, 0) is 10.0 Å². The molecule has 0 aliphatic heterocycles. The van der Waals surface area contributed by atoms with Gasteiger partial charge in [0.2, 0.25) is 10.0 Å². The number of rotatable bonds is 8. The van der Waals surface area contributed by atoms with Crippen LogP contribution in [0.15, 0.2) is 11.1 Å². The average molecular weight is 302 g/mol. The van der Waals surface area contributed by atoms with Crippen molar-refractivity contribution in [1.29, 1.82) is 0 Å². The Kier molecular flexibility index (Phi) is 6.01. The molecule has 1 aromatic rings. The second-order valence-electron chi connectivity index (χ2n) is 5.39. The molecule has 0 aromatic carbocycles. The maximum Gasteiger partial charge on any atom is 0.245 e. The van der Waals surface area contributed by atoms with E-state index >= 15 is 0 Å². The molecule has 0 radical (unpaired) electrons. The zero-order chi connectivity index (χ0) is 15.3. The quantitative estimate of drug-likeness (QED) is 0.770. The van der Waals surface area contributed by atoms with Crippen LogP contribution in [0.25, 0.3) is 0 Å². The molecule has 20 heavy (non-hydrogen) atoms. The van der Waals surface area contributed by atoms with E-state index in [-0.39, 0.29) is 16.8 Å². The molecule has 0 spiro atoms. The van der Waals surface area contributed by atoms with Gasteiger partial charge in [-0.1, -0.05) is 27.7 Å². The summed E-state index contributed by atoms with van der Waals surface area (Å²) in [7, 11) is -3.57. The minimum absolute atomic E-state index is 0.0770. The van der Waals surface area contributed by atoms with Gasteiger partial charge in [0.05, 0.1) is 12.2 Å². The highest BCUT2D eigenvalue weighted by molar-refractivity contribution is 7.89. The highest BCUT2D eigenvalue weighted by atomic mass is 32.2. The molecule has 0 aliphatic rings. The van der Waals surface area contributed by atoms with Gasteiger partial charge in [0.25, 0.3) is 0 Å². The van der Waals surface area contributed by atoms with Gasteiger partial charge in [-0.2, -0.15) is 5.10 Å². The molecule has 0 saturated carbocycles. The topological polar surface area (TPSA) is 90.0 Å². The highest BCUT2D eigenvalue weighted by Gasteiger charge is 2.23. The number of sulfonamides is 1. The summed E-state index contributed by atoms with van der Waals surface area (Å²) >= 11 is 0. The predicted octanol–water partition coefficient (Wildman–Crippen LogP) is 2.15. The summed E-state index contributed by atoms with van der Waals surface area (Å²) in [6.45, 7) is 8.58. The number of hydrogen-bond acceptors (Lipinski definition) is 4. The number of nitrogen functional groups attached to an aromatic ring is 1. The molecule has 1 aromatic heterocycles. The van der Waals surface area contributed by atoms with Gasteiger partial charge in [-0.25, -0.2) is 17.8 Å². The predicted molar refractivity (Wildman–Crippen MR) is 80.9 cm³/mol. The van der Waals surface area contributed by atoms with Crippen molar-refractivity contribution in [3.8, 4) is 0 Å². The summed E-state index contributed by atoms with van der Waals surface area (Å²) in [6, 6.07) is 0.134. The first-order valence-corrected chi connectivity index (χ1v) is 8.64. The molecular weight excluding hydrogens is 276 g/mol. The van der Waals surface area contributed by atoms with E-state index in [1.54, 1.807) is 4.68 Å². The number of nitrogens with one attached hydrogen (secondary N) is 1. The van der Waals surface area contributed by atoms with Crippen LogP contribution in [0.4, 0.5) is 5.82 Å². The Morgan fingerprint density at radius 3 is 2.45 bits per heavy atom. The monoisotopic (exact) mass is 302 g/mol. The van der Waals surface area contributed by atoms with Gasteiger partial charge in [0, 0.05) is 6.54 Å². The Morgan fingerprint density at radius 2 is 1.95 bits per heavy atom. The lowest BCUT2D eigenvalue weighted by Crippen LogP contribution is -2.26. The fourth-order valence-corrected chi connectivity index (χ4v) is 3.15. The first kappa shape index (κ1) is 17.0. The largest absolute Gasteiger partial charge is 0.383 e. The minimum atomic E-state index is -3.57. The van der Waals surface area contributed by atoms with E-state index in [0.29, 0.717) is 12.5 Å². The van der Waals surface area contributed by atoms with E-state index in [1.807, 2.05) is 27.7 Å². The van der Waals surface area contributed by atoms with E-state index < -0.39 is 10.0 Å². The van der Waals surface area contributed by atoms with E-state index in [2.05, 4.69) is 9.82 Å². The lowest BCUT2D eigenvalue weighted by molar-refractivity contribution is 0.434. The molecule has 116 valence electrons. The summed E-state index contributed by atoms with van der Waals surface area (Å²) < 4.78 is 28.6. The molecular formula is C13H26N4O2S. The molecule has 0 amide bonds. The van der Waals surface area contributed by atoms with Crippen LogP contribution >= 0.6 is 0 Å². The van der Waals surface area contributed by atoms with Crippen molar-refractivity contribution < 1.29 is 8.42 Å². The molecule has 0 aliphatic carbocycles. The maximum atomic E-state index is 12.2. The molecule has 1 heterocycles. The summed E-state index contributed by atoms with van der Waals surface area (Å²) in [6.07, 6.45) is 3.86. The normalized spacial score (nSPS) is 12.5. The molecule has 7 heteroatoms. The molecule has 0 atom stereocenters. The van der Waals surface area contributed by atoms with Gasteiger partial charge in [0.15, 0.2) is 0 Å².